The van der Waals surface area contributed by atoms with Gasteiger partial charge in [-0.1, -0.05) is 42.1 Å². The van der Waals surface area contributed by atoms with E-state index < -0.39 is 5.97 Å². The van der Waals surface area contributed by atoms with Crippen LogP contribution in [0.5, 0.6) is 0 Å². The minimum atomic E-state index is -0.504. The van der Waals surface area contributed by atoms with Crippen LogP contribution in [0.25, 0.3) is 21.9 Å². The average molecular weight is 453 g/mol. The number of methoxy groups -OCH3 is 1. The number of carbonyl (C=O) groups is 1. The zero-order valence-corrected chi connectivity index (χ0v) is 19.0. The predicted octanol–water partition coefficient (Wildman–Crippen LogP) is 4.82. The van der Waals surface area contributed by atoms with Crippen LogP contribution in [0.4, 0.5) is 0 Å². The number of hydrogen-bond donors (Lipinski definition) is 0. The summed E-state index contributed by atoms with van der Waals surface area (Å²) >= 11 is 1.38. The van der Waals surface area contributed by atoms with Crippen molar-refractivity contribution < 1.29 is 18.7 Å². The number of rotatable bonds is 8. The Morgan fingerprint density at radius 2 is 1.88 bits per heavy atom. The van der Waals surface area contributed by atoms with E-state index in [1.807, 2.05) is 49.4 Å². The van der Waals surface area contributed by atoms with Crippen molar-refractivity contribution >= 4 is 39.6 Å². The Morgan fingerprint density at radius 3 is 2.62 bits per heavy atom. The van der Waals surface area contributed by atoms with Crippen molar-refractivity contribution in [3.05, 3.63) is 70.2 Å². The summed E-state index contributed by atoms with van der Waals surface area (Å²) < 4.78 is 18.0. The topological polar surface area (TPSA) is 83.6 Å². The van der Waals surface area contributed by atoms with E-state index in [1.165, 1.54) is 11.8 Å². The monoisotopic (exact) mass is 452 g/mol. The second kappa shape index (κ2) is 9.58. The lowest BCUT2D eigenvalue weighted by Gasteiger charge is -2.19. The molecule has 2 aromatic carbocycles. The number of ether oxygens (including phenoxy) is 2. The highest BCUT2D eigenvalue weighted by atomic mass is 32.2. The van der Waals surface area contributed by atoms with Gasteiger partial charge >= 0.3 is 5.97 Å². The van der Waals surface area contributed by atoms with Gasteiger partial charge in [-0.15, -0.1) is 0 Å². The van der Waals surface area contributed by atoms with Gasteiger partial charge < -0.3 is 13.9 Å². The van der Waals surface area contributed by atoms with Gasteiger partial charge in [0, 0.05) is 23.8 Å². The molecule has 1 atom stereocenters. The minimum Gasteiger partial charge on any atom is -0.460 e. The van der Waals surface area contributed by atoms with Crippen LogP contribution in [-0.4, -0.2) is 35.8 Å². The molecule has 32 heavy (non-hydrogen) atoms. The maximum absolute atomic E-state index is 13.3. The minimum absolute atomic E-state index is 0.120. The van der Waals surface area contributed by atoms with E-state index in [2.05, 4.69) is 0 Å². The van der Waals surface area contributed by atoms with Crippen LogP contribution in [0.15, 0.2) is 62.9 Å². The lowest BCUT2D eigenvalue weighted by atomic mass is 10.1. The SMILES string of the molecule is CCOC(=O)c1oc2ccccc2c1CSc1nc2ccccc2c(=O)n1C(C)COC. The fraction of sp³-hybridized carbons (Fsp3) is 0.292. The van der Waals surface area contributed by atoms with Crippen LogP contribution < -0.4 is 5.56 Å². The molecule has 0 fully saturated rings. The zero-order chi connectivity index (χ0) is 22.7. The number of hydrogen-bond acceptors (Lipinski definition) is 7. The number of fused-ring (bicyclic) bond motifs is 2. The standard InChI is InChI=1S/C24H24N2O5S/c1-4-30-23(28)21-18(16-9-6-8-12-20(16)31-21)14-32-24-25-19-11-7-5-10-17(19)22(27)26(24)15(2)13-29-3/h5-12,15H,4,13-14H2,1-3H3. The second-order valence-corrected chi connectivity index (χ2v) is 8.25. The van der Waals surface area contributed by atoms with Crippen molar-refractivity contribution in [2.24, 2.45) is 0 Å². The molecule has 1 unspecified atom stereocenters. The molecular formula is C24H24N2O5S. The van der Waals surface area contributed by atoms with Gasteiger partial charge in [0.25, 0.3) is 5.56 Å². The van der Waals surface area contributed by atoms with Crippen LogP contribution >= 0.6 is 11.8 Å². The van der Waals surface area contributed by atoms with Gasteiger partial charge in [-0.25, -0.2) is 9.78 Å². The van der Waals surface area contributed by atoms with Gasteiger partial charge in [0.2, 0.25) is 5.76 Å². The highest BCUT2D eigenvalue weighted by Crippen LogP contribution is 2.32. The molecule has 2 aromatic heterocycles. The summed E-state index contributed by atoms with van der Waals surface area (Å²) in [7, 11) is 1.60. The molecule has 2 heterocycles. The first-order valence-corrected chi connectivity index (χ1v) is 11.3. The molecule has 0 N–H and O–H groups in total. The van der Waals surface area contributed by atoms with Gasteiger partial charge in [0.05, 0.1) is 30.2 Å². The number of esters is 1. The van der Waals surface area contributed by atoms with E-state index in [0.29, 0.717) is 34.0 Å². The summed E-state index contributed by atoms with van der Waals surface area (Å²) in [5, 5.41) is 1.95. The lowest BCUT2D eigenvalue weighted by Crippen LogP contribution is -2.28. The van der Waals surface area contributed by atoms with Crippen molar-refractivity contribution in [1.29, 1.82) is 0 Å². The van der Waals surface area contributed by atoms with Crippen LogP contribution in [-0.2, 0) is 15.2 Å². The first-order chi connectivity index (χ1) is 15.5. The fourth-order valence-electron chi connectivity index (χ4n) is 3.67. The zero-order valence-electron chi connectivity index (χ0n) is 18.2. The Morgan fingerprint density at radius 1 is 1.16 bits per heavy atom. The van der Waals surface area contributed by atoms with Crippen LogP contribution in [0.2, 0.25) is 0 Å². The number of aromatic nitrogens is 2. The number of furan rings is 1. The molecule has 0 aliphatic carbocycles. The number of para-hydroxylation sites is 2. The van der Waals surface area contributed by atoms with Crippen LogP contribution in [0.3, 0.4) is 0 Å². The van der Waals surface area contributed by atoms with E-state index in [0.717, 1.165) is 10.9 Å². The summed E-state index contributed by atoms with van der Waals surface area (Å²) in [4.78, 5) is 30.5. The Bertz CT molecular complexity index is 1330. The molecule has 0 saturated heterocycles. The third kappa shape index (κ3) is 4.16. The third-order valence-corrected chi connectivity index (χ3v) is 6.11. The number of carbonyl (C=O) groups excluding carboxylic acids is 1. The molecular weight excluding hydrogens is 428 g/mol. The van der Waals surface area contributed by atoms with Crippen molar-refractivity contribution in [3.8, 4) is 0 Å². The molecule has 4 aromatic rings. The Balaban J connectivity index is 1.79. The summed E-state index contributed by atoms with van der Waals surface area (Å²) in [6, 6.07) is 14.5. The molecule has 8 heteroatoms. The molecule has 0 bridgehead atoms. The molecule has 0 saturated carbocycles. The van der Waals surface area contributed by atoms with Gasteiger partial charge in [-0.3, -0.25) is 9.36 Å². The van der Waals surface area contributed by atoms with Gasteiger partial charge in [0.15, 0.2) is 5.16 Å². The largest absolute Gasteiger partial charge is 0.460 e. The quantitative estimate of drug-likeness (QED) is 0.215. The maximum Gasteiger partial charge on any atom is 0.374 e. The molecule has 0 aliphatic rings. The maximum atomic E-state index is 13.3. The van der Waals surface area contributed by atoms with E-state index >= 15 is 0 Å². The van der Waals surface area contributed by atoms with E-state index in [1.54, 1.807) is 24.7 Å². The summed E-state index contributed by atoms with van der Waals surface area (Å²) in [5.74, 6) is 0.0615. The van der Waals surface area contributed by atoms with E-state index in [-0.39, 0.29) is 24.0 Å². The first-order valence-electron chi connectivity index (χ1n) is 10.4. The highest BCUT2D eigenvalue weighted by molar-refractivity contribution is 7.98. The van der Waals surface area contributed by atoms with E-state index in [9.17, 15) is 9.59 Å². The number of nitrogens with zero attached hydrogens (tertiary/aromatic N) is 2. The van der Waals surface area contributed by atoms with Crippen molar-refractivity contribution in [3.63, 3.8) is 0 Å². The Kier molecular flexibility index (Phi) is 6.62. The average Bonchev–Trinajstić information content (AvgIpc) is 3.17. The van der Waals surface area contributed by atoms with Gasteiger partial charge in [-0.05, 0) is 32.0 Å². The smallest absolute Gasteiger partial charge is 0.374 e. The normalized spacial score (nSPS) is 12.3. The van der Waals surface area contributed by atoms with E-state index in [4.69, 9.17) is 18.9 Å². The summed E-state index contributed by atoms with van der Waals surface area (Å²) in [6.45, 7) is 4.30. The molecule has 0 spiro atoms. The van der Waals surface area contributed by atoms with Crippen molar-refractivity contribution in [2.75, 3.05) is 20.3 Å². The van der Waals surface area contributed by atoms with Gasteiger partial charge in [0.1, 0.15) is 5.58 Å². The molecule has 4 rings (SSSR count). The third-order valence-electron chi connectivity index (χ3n) is 5.13. The fourth-order valence-corrected chi connectivity index (χ4v) is 4.80. The van der Waals surface area contributed by atoms with Gasteiger partial charge in [-0.2, -0.15) is 0 Å². The number of thioether (sulfide) groups is 1. The predicted molar refractivity (Wildman–Crippen MR) is 124 cm³/mol. The van der Waals surface area contributed by atoms with Crippen LogP contribution in [0, 0.1) is 0 Å². The summed E-state index contributed by atoms with van der Waals surface area (Å²) in [6.07, 6.45) is 0. The molecule has 7 nitrogen and oxygen atoms in total. The lowest BCUT2D eigenvalue weighted by molar-refractivity contribution is 0.0491. The summed E-state index contributed by atoms with van der Waals surface area (Å²) in [5.41, 5.74) is 1.84. The van der Waals surface area contributed by atoms with Crippen molar-refractivity contribution in [1.82, 2.24) is 9.55 Å². The first kappa shape index (κ1) is 22.1. The molecule has 0 amide bonds. The molecule has 166 valence electrons. The molecule has 0 aliphatic heterocycles. The number of benzene rings is 2. The second-order valence-electron chi connectivity index (χ2n) is 7.31. The van der Waals surface area contributed by atoms with Crippen molar-refractivity contribution in [2.45, 2.75) is 30.8 Å². The Labute approximate surface area is 189 Å². The molecule has 0 radical (unpaired) electrons. The van der Waals surface area contributed by atoms with Crippen LogP contribution in [0.1, 0.15) is 36.0 Å². The highest BCUT2D eigenvalue weighted by Gasteiger charge is 2.23. The Hall–Kier alpha value is -3.10.